The summed E-state index contributed by atoms with van der Waals surface area (Å²) in [6.45, 7) is 4.51. The maximum absolute atomic E-state index is 12.3. The fourth-order valence-corrected chi connectivity index (χ4v) is 3.78. The number of carbonyl (C=O) groups excluding carboxylic acids is 2. The van der Waals surface area contributed by atoms with Crippen LogP contribution in [0.4, 0.5) is 5.69 Å². The number of likely N-dealkylation sites (N-methyl/N-ethyl adjacent to an activating group) is 1. The summed E-state index contributed by atoms with van der Waals surface area (Å²) in [7, 11) is -3.74. The summed E-state index contributed by atoms with van der Waals surface area (Å²) in [5, 5.41) is 10.1. The minimum Gasteiger partial charge on any atom is -0.376 e. The zero-order valence-electron chi connectivity index (χ0n) is 15.3. The summed E-state index contributed by atoms with van der Waals surface area (Å²) in [6, 6.07) is 7.07. The van der Waals surface area contributed by atoms with Crippen molar-refractivity contribution in [1.82, 2.24) is 4.90 Å². The van der Waals surface area contributed by atoms with Gasteiger partial charge in [0.1, 0.15) is 5.25 Å². The van der Waals surface area contributed by atoms with E-state index in [9.17, 15) is 18.0 Å². The molecule has 0 saturated carbocycles. The van der Waals surface area contributed by atoms with E-state index in [1.165, 1.54) is 36.1 Å². The Balaban J connectivity index is 2.02. The van der Waals surface area contributed by atoms with E-state index in [2.05, 4.69) is 5.32 Å². The molecule has 0 unspecified atom stereocenters. The van der Waals surface area contributed by atoms with Gasteiger partial charge in [0.25, 0.3) is 0 Å². The molecule has 146 valence electrons. The monoisotopic (exact) mass is 393 g/mol. The van der Waals surface area contributed by atoms with Gasteiger partial charge in [0, 0.05) is 25.4 Å². The third kappa shape index (κ3) is 5.05. The number of amides is 2. The Bertz CT molecular complexity index is 824. The highest BCUT2D eigenvalue weighted by atomic mass is 32.2. The Morgan fingerprint density at radius 3 is 2.56 bits per heavy atom. The van der Waals surface area contributed by atoms with Crippen molar-refractivity contribution in [3.63, 3.8) is 0 Å². The number of sulfone groups is 1. The summed E-state index contributed by atoms with van der Waals surface area (Å²) in [6.07, 6.45) is 1.76. The van der Waals surface area contributed by atoms with E-state index in [1.807, 2.05) is 0 Å². The van der Waals surface area contributed by atoms with Crippen molar-refractivity contribution in [3.05, 3.63) is 24.3 Å². The second-order valence-corrected chi connectivity index (χ2v) is 8.54. The summed E-state index contributed by atoms with van der Waals surface area (Å²) >= 11 is 0. The quantitative estimate of drug-likeness (QED) is 0.729. The normalized spacial score (nSPS) is 17.7. The van der Waals surface area contributed by atoms with Gasteiger partial charge in [-0.05, 0) is 51.0 Å². The molecule has 9 heteroatoms. The van der Waals surface area contributed by atoms with Gasteiger partial charge in [-0.2, -0.15) is 5.26 Å². The van der Waals surface area contributed by atoms with Crippen LogP contribution in [-0.4, -0.2) is 56.2 Å². The first kappa shape index (κ1) is 20.9. The van der Waals surface area contributed by atoms with Gasteiger partial charge in [0.05, 0.1) is 17.1 Å². The third-order valence-electron chi connectivity index (χ3n) is 4.40. The Morgan fingerprint density at radius 2 is 2.04 bits per heavy atom. The SMILES string of the molecule is CCN(C[C@H]1CCCO1)C(=O)C(=O)Nc1ccc(S(=O)(=O)[C@H](C)C#N)cc1. The Labute approximate surface area is 159 Å². The zero-order chi connectivity index (χ0) is 20.0. The van der Waals surface area contributed by atoms with Gasteiger partial charge in [-0.3, -0.25) is 9.59 Å². The van der Waals surface area contributed by atoms with Gasteiger partial charge >= 0.3 is 11.8 Å². The van der Waals surface area contributed by atoms with E-state index < -0.39 is 26.9 Å². The maximum Gasteiger partial charge on any atom is 0.313 e. The van der Waals surface area contributed by atoms with Crippen LogP contribution in [-0.2, 0) is 24.2 Å². The van der Waals surface area contributed by atoms with E-state index in [1.54, 1.807) is 13.0 Å². The van der Waals surface area contributed by atoms with E-state index in [0.29, 0.717) is 25.4 Å². The minimum absolute atomic E-state index is 0.0190. The highest BCUT2D eigenvalue weighted by Gasteiger charge is 2.26. The predicted molar refractivity (Wildman–Crippen MR) is 98.6 cm³/mol. The van der Waals surface area contributed by atoms with Crippen LogP contribution in [0.15, 0.2) is 29.2 Å². The molecule has 0 spiro atoms. The first-order chi connectivity index (χ1) is 12.8. The number of hydrogen-bond donors (Lipinski definition) is 1. The highest BCUT2D eigenvalue weighted by Crippen LogP contribution is 2.19. The van der Waals surface area contributed by atoms with Crippen LogP contribution in [0.3, 0.4) is 0 Å². The van der Waals surface area contributed by atoms with Crippen molar-refractivity contribution in [2.45, 2.75) is 42.9 Å². The van der Waals surface area contributed by atoms with E-state index >= 15 is 0 Å². The number of nitrogens with zero attached hydrogens (tertiary/aromatic N) is 2. The fraction of sp³-hybridized carbons (Fsp3) is 0.500. The van der Waals surface area contributed by atoms with Gasteiger partial charge in [-0.15, -0.1) is 0 Å². The average molecular weight is 393 g/mol. The Hall–Kier alpha value is -2.44. The van der Waals surface area contributed by atoms with Gasteiger partial charge in [-0.1, -0.05) is 0 Å². The Kier molecular flexibility index (Phi) is 6.93. The summed E-state index contributed by atoms with van der Waals surface area (Å²) in [5.74, 6) is -1.46. The number of hydrogen-bond acceptors (Lipinski definition) is 6. The highest BCUT2D eigenvalue weighted by molar-refractivity contribution is 7.92. The molecule has 1 fully saturated rings. The van der Waals surface area contributed by atoms with Crippen molar-refractivity contribution in [2.24, 2.45) is 0 Å². The van der Waals surface area contributed by atoms with Gasteiger partial charge in [0.2, 0.25) is 0 Å². The third-order valence-corrected chi connectivity index (χ3v) is 6.36. The molecule has 1 aliphatic rings. The molecule has 0 aromatic heterocycles. The molecule has 1 aromatic rings. The lowest BCUT2D eigenvalue weighted by Crippen LogP contribution is -2.43. The Morgan fingerprint density at radius 1 is 1.37 bits per heavy atom. The molecule has 2 atom stereocenters. The predicted octanol–water partition coefficient (Wildman–Crippen LogP) is 1.34. The zero-order valence-corrected chi connectivity index (χ0v) is 16.2. The van der Waals surface area contributed by atoms with Crippen LogP contribution in [0.2, 0.25) is 0 Å². The molecule has 1 heterocycles. The van der Waals surface area contributed by atoms with Gasteiger partial charge < -0.3 is 15.0 Å². The standard InChI is InChI=1S/C18H23N3O5S/c1-3-21(12-15-5-4-10-26-15)18(23)17(22)20-14-6-8-16(9-7-14)27(24,25)13(2)11-19/h6-9,13,15H,3-5,10,12H2,1-2H3,(H,20,22)/t13-,15-/m1/s1. The van der Waals surface area contributed by atoms with Crippen molar-refractivity contribution in [3.8, 4) is 6.07 Å². The van der Waals surface area contributed by atoms with Crippen LogP contribution in [0.25, 0.3) is 0 Å². The summed E-state index contributed by atoms with van der Waals surface area (Å²) in [4.78, 5) is 26.0. The second kappa shape index (κ2) is 8.97. The first-order valence-electron chi connectivity index (χ1n) is 8.75. The molecule has 27 heavy (non-hydrogen) atoms. The van der Waals surface area contributed by atoms with Crippen LogP contribution in [0, 0.1) is 11.3 Å². The number of ether oxygens (including phenoxy) is 1. The first-order valence-corrected chi connectivity index (χ1v) is 10.3. The molecule has 1 saturated heterocycles. The molecule has 2 rings (SSSR count). The number of nitriles is 1. The molecule has 2 amide bonds. The molecule has 0 radical (unpaired) electrons. The lowest BCUT2D eigenvalue weighted by molar-refractivity contribution is -0.144. The number of benzene rings is 1. The lowest BCUT2D eigenvalue weighted by atomic mass is 10.2. The molecule has 0 bridgehead atoms. The van der Waals surface area contributed by atoms with Crippen LogP contribution < -0.4 is 5.32 Å². The largest absolute Gasteiger partial charge is 0.376 e. The van der Waals surface area contributed by atoms with Crippen LogP contribution >= 0.6 is 0 Å². The molecule has 8 nitrogen and oxygen atoms in total. The summed E-state index contributed by atoms with van der Waals surface area (Å²) in [5.41, 5.74) is 0.296. The number of carbonyl (C=O) groups is 2. The van der Waals surface area contributed by atoms with Crippen molar-refractivity contribution >= 4 is 27.3 Å². The fourth-order valence-electron chi connectivity index (χ4n) is 2.72. The van der Waals surface area contributed by atoms with Crippen LogP contribution in [0.5, 0.6) is 0 Å². The van der Waals surface area contributed by atoms with Crippen LogP contribution in [0.1, 0.15) is 26.7 Å². The topological polar surface area (TPSA) is 117 Å². The minimum atomic E-state index is -3.74. The smallest absolute Gasteiger partial charge is 0.313 e. The molecule has 0 aliphatic carbocycles. The van der Waals surface area contributed by atoms with Crippen molar-refractivity contribution in [2.75, 3.05) is 25.0 Å². The maximum atomic E-state index is 12.3. The van der Waals surface area contributed by atoms with Crippen molar-refractivity contribution < 1.29 is 22.7 Å². The van der Waals surface area contributed by atoms with Gasteiger partial charge in [0.15, 0.2) is 9.84 Å². The summed E-state index contributed by atoms with van der Waals surface area (Å²) < 4.78 is 29.7. The van der Waals surface area contributed by atoms with Gasteiger partial charge in [-0.25, -0.2) is 8.42 Å². The molecular formula is C18H23N3O5S. The van der Waals surface area contributed by atoms with E-state index in [-0.39, 0.29) is 11.0 Å². The molecule has 1 aromatic carbocycles. The number of anilines is 1. The van der Waals surface area contributed by atoms with E-state index in [0.717, 1.165) is 12.8 Å². The number of nitrogens with one attached hydrogen (secondary N) is 1. The molecule has 1 N–H and O–H groups in total. The average Bonchev–Trinajstić information content (AvgIpc) is 3.18. The molecular weight excluding hydrogens is 370 g/mol. The van der Waals surface area contributed by atoms with E-state index in [4.69, 9.17) is 10.00 Å². The van der Waals surface area contributed by atoms with Crippen molar-refractivity contribution in [1.29, 1.82) is 5.26 Å². The number of rotatable bonds is 6. The second-order valence-electron chi connectivity index (χ2n) is 6.27. The molecule has 1 aliphatic heterocycles. The lowest BCUT2D eigenvalue weighted by Gasteiger charge is -2.23.